The summed E-state index contributed by atoms with van der Waals surface area (Å²) in [6.07, 6.45) is 14.0. The van der Waals surface area contributed by atoms with Gasteiger partial charge in [0.05, 0.1) is 12.1 Å². The Morgan fingerprint density at radius 2 is 1.93 bits per heavy atom. The van der Waals surface area contributed by atoms with Gasteiger partial charge < -0.3 is 31.2 Å². The minimum Gasteiger partial charge on any atom is -0.504 e. The number of phenols is 1. The number of carbonyl (C=O) groups excluding carboxylic acids is 1. The van der Waals surface area contributed by atoms with Crippen LogP contribution in [0, 0.1) is 29.6 Å². The van der Waals surface area contributed by atoms with Gasteiger partial charge in [-0.15, -0.1) is 0 Å². The summed E-state index contributed by atoms with van der Waals surface area (Å²) in [6, 6.07) is 1.79. The first-order valence-electron chi connectivity index (χ1n) is 17.1. The number of carbonyl (C=O) groups is 1. The predicted molar refractivity (Wildman–Crippen MR) is 181 cm³/mol. The van der Waals surface area contributed by atoms with Crippen molar-refractivity contribution in [1.82, 2.24) is 0 Å². The number of benzene rings is 1. The van der Waals surface area contributed by atoms with Gasteiger partial charge in [-0.25, -0.2) is 4.99 Å². The van der Waals surface area contributed by atoms with E-state index >= 15 is 0 Å². The Labute approximate surface area is 271 Å². The van der Waals surface area contributed by atoms with Crippen molar-refractivity contribution in [3.63, 3.8) is 0 Å². The zero-order valence-corrected chi connectivity index (χ0v) is 28.0. The highest BCUT2D eigenvalue weighted by Crippen LogP contribution is 2.47. The molecule has 250 valence electrons. The Morgan fingerprint density at radius 1 is 1.18 bits per heavy atom. The minimum absolute atomic E-state index is 0.0279. The van der Waals surface area contributed by atoms with Crippen LogP contribution < -0.4 is 16.2 Å². The molecule has 4 atom stereocenters. The van der Waals surface area contributed by atoms with Crippen LogP contribution in [-0.2, 0) is 16.0 Å². The number of hydrogen-bond acceptors (Lipinski definition) is 6. The fraction of sp³-hybridized carbons (Fsp3) is 0.676. The molecule has 1 fully saturated rings. The van der Waals surface area contributed by atoms with Crippen LogP contribution in [0.15, 0.2) is 23.2 Å². The van der Waals surface area contributed by atoms with E-state index in [0.29, 0.717) is 44.0 Å². The molecule has 0 spiro atoms. The van der Waals surface area contributed by atoms with Gasteiger partial charge in [0.25, 0.3) is 0 Å². The zero-order chi connectivity index (χ0) is 32.8. The zero-order valence-electron chi connectivity index (χ0n) is 28.0. The number of nitrogens with zero attached hydrogens (tertiary/aromatic N) is 1. The second-order valence-electron chi connectivity index (χ2n) is 13.3. The number of hydrogen-bond donors (Lipinski definition) is 4. The van der Waals surface area contributed by atoms with Crippen molar-refractivity contribution in [3.05, 3.63) is 34.9 Å². The monoisotopic (exact) mass is 623 g/mol. The molecule has 8 heteroatoms. The van der Waals surface area contributed by atoms with Crippen LogP contribution in [0.1, 0.15) is 120 Å². The van der Waals surface area contributed by atoms with Gasteiger partial charge in [0.1, 0.15) is 0 Å². The number of rotatable bonds is 16. The number of aromatic hydroxyl groups is 1. The summed E-state index contributed by atoms with van der Waals surface area (Å²) in [5, 5.41) is 21.3. The third kappa shape index (κ3) is 11.4. The van der Waals surface area contributed by atoms with E-state index < -0.39 is 0 Å². The highest BCUT2D eigenvalue weighted by molar-refractivity contribution is 5.89. The molecule has 0 saturated heterocycles. The molecule has 1 aromatic carbocycles. The third-order valence-corrected chi connectivity index (χ3v) is 9.33. The molecule has 0 amide bonds. The highest BCUT2D eigenvalue weighted by atomic mass is 16.5. The summed E-state index contributed by atoms with van der Waals surface area (Å²) in [6.45, 7) is 7.13. The van der Waals surface area contributed by atoms with Crippen LogP contribution in [0.25, 0.3) is 0 Å². The molecule has 0 aliphatic heterocycles. The summed E-state index contributed by atoms with van der Waals surface area (Å²) < 4.78 is 12.3. The largest absolute Gasteiger partial charge is 0.504 e. The molecule has 8 nitrogen and oxygen atoms in total. The maximum Gasteiger partial charge on any atom is 0.186 e. The van der Waals surface area contributed by atoms with E-state index in [0.717, 1.165) is 74.5 Å². The van der Waals surface area contributed by atoms with Crippen molar-refractivity contribution < 1.29 is 24.5 Å². The topological polar surface area (TPSA) is 140 Å². The SMILES string of the molecule is CC[C@H](/C=C/C(=O)CCc1cc(OC2CCCC2)c(O)c2c1C#CC[C@@H](N=C(N)N)CC[C@H](COC)[C@H]2CCC(C)C)CCO. The van der Waals surface area contributed by atoms with Crippen LogP contribution in [0.4, 0.5) is 0 Å². The van der Waals surface area contributed by atoms with E-state index in [-0.39, 0.29) is 54.0 Å². The van der Waals surface area contributed by atoms with Gasteiger partial charge in [0.2, 0.25) is 0 Å². The van der Waals surface area contributed by atoms with E-state index in [1.165, 1.54) is 0 Å². The van der Waals surface area contributed by atoms with Gasteiger partial charge >= 0.3 is 0 Å². The van der Waals surface area contributed by atoms with Crippen molar-refractivity contribution >= 4 is 11.7 Å². The number of aliphatic hydroxyl groups excluding tert-OH is 1. The van der Waals surface area contributed by atoms with Gasteiger partial charge in [-0.2, -0.15) is 0 Å². The van der Waals surface area contributed by atoms with Crippen LogP contribution in [0.3, 0.4) is 0 Å². The fourth-order valence-electron chi connectivity index (χ4n) is 6.72. The maximum atomic E-state index is 13.1. The summed E-state index contributed by atoms with van der Waals surface area (Å²) in [7, 11) is 1.72. The standard InChI is InChI=1S/C37H57N3O5/c1-5-26(21-22-41)14-18-30(42)19-16-27-23-34(45-31-10-6-7-11-31)36(43)35-32(27)12-8-9-29(40-37(38)39)17-15-28(24-44-4)33(35)20-13-25(2)3/h14,18,23,25-26,28-29,31,33,41,43H,5-7,9-11,13,15-17,19-22,24H2,1-4H3,(H4,38,39,40)/b18-14+/t26-,28-,29-,33-/m1/s1. The molecule has 3 rings (SSSR count). The number of ketones is 1. The molecular formula is C37H57N3O5. The molecule has 0 bridgehead atoms. The summed E-state index contributed by atoms with van der Waals surface area (Å²) in [5.41, 5.74) is 14.1. The van der Waals surface area contributed by atoms with Gasteiger partial charge in [0, 0.05) is 44.3 Å². The molecule has 2 aliphatic carbocycles. The molecule has 0 radical (unpaired) electrons. The smallest absolute Gasteiger partial charge is 0.186 e. The minimum atomic E-state index is -0.131. The molecule has 6 N–H and O–H groups in total. The van der Waals surface area contributed by atoms with Crippen molar-refractivity contribution in [3.8, 4) is 23.3 Å². The second-order valence-corrected chi connectivity index (χ2v) is 13.3. The Balaban J connectivity index is 2.15. The molecule has 0 aromatic heterocycles. The van der Waals surface area contributed by atoms with Crippen molar-refractivity contribution in [2.75, 3.05) is 20.3 Å². The predicted octanol–water partition coefficient (Wildman–Crippen LogP) is 6.14. The Kier molecular flexibility index (Phi) is 15.3. The normalized spacial score (nSPS) is 21.2. The Morgan fingerprint density at radius 3 is 2.58 bits per heavy atom. The number of phenolic OH excluding ortho intramolecular Hbond substituents is 1. The number of methoxy groups -OCH3 is 1. The quantitative estimate of drug-likeness (QED) is 0.0750. The number of aryl methyl sites for hydroxylation is 1. The Hall–Kier alpha value is -3.02. The van der Waals surface area contributed by atoms with Gasteiger partial charge in [-0.05, 0) is 106 Å². The third-order valence-electron chi connectivity index (χ3n) is 9.33. The number of aliphatic imine (C=N–C) groups is 1. The lowest BCUT2D eigenvalue weighted by molar-refractivity contribution is -0.114. The number of fused-ring (bicyclic) bond motifs is 1. The molecule has 0 unspecified atom stereocenters. The number of nitrogens with two attached hydrogens (primary N) is 2. The average Bonchev–Trinajstić information content (AvgIpc) is 3.51. The van der Waals surface area contributed by atoms with E-state index in [1.54, 1.807) is 13.2 Å². The lowest BCUT2D eigenvalue weighted by Gasteiger charge is -2.32. The fourth-order valence-corrected chi connectivity index (χ4v) is 6.72. The van der Waals surface area contributed by atoms with Crippen LogP contribution in [-0.4, -0.2) is 54.4 Å². The molecule has 45 heavy (non-hydrogen) atoms. The summed E-state index contributed by atoms with van der Waals surface area (Å²) in [5.74, 6) is 8.25. The molecule has 0 heterocycles. The number of ether oxygens (including phenoxy) is 2. The molecular weight excluding hydrogens is 566 g/mol. The lowest BCUT2D eigenvalue weighted by Crippen LogP contribution is -2.27. The highest BCUT2D eigenvalue weighted by Gasteiger charge is 2.33. The average molecular weight is 624 g/mol. The molecule has 1 saturated carbocycles. The summed E-state index contributed by atoms with van der Waals surface area (Å²) >= 11 is 0. The van der Waals surface area contributed by atoms with Crippen molar-refractivity contribution in [2.45, 2.75) is 122 Å². The van der Waals surface area contributed by atoms with Crippen molar-refractivity contribution in [1.29, 1.82) is 0 Å². The Bertz CT molecular complexity index is 1200. The van der Waals surface area contributed by atoms with Crippen molar-refractivity contribution in [2.24, 2.45) is 34.2 Å². The van der Waals surface area contributed by atoms with E-state index in [1.807, 2.05) is 12.1 Å². The number of guanidine groups is 1. The van der Waals surface area contributed by atoms with Gasteiger partial charge in [-0.3, -0.25) is 4.79 Å². The van der Waals surface area contributed by atoms with E-state index in [9.17, 15) is 15.0 Å². The first kappa shape index (κ1) is 36.4. The molecule has 1 aromatic rings. The maximum absolute atomic E-state index is 13.1. The van der Waals surface area contributed by atoms with Crippen LogP contribution in [0.2, 0.25) is 0 Å². The van der Waals surface area contributed by atoms with Crippen LogP contribution >= 0.6 is 0 Å². The van der Waals surface area contributed by atoms with E-state index in [2.05, 4.69) is 37.6 Å². The summed E-state index contributed by atoms with van der Waals surface area (Å²) in [4.78, 5) is 17.5. The van der Waals surface area contributed by atoms with Gasteiger partial charge in [-0.1, -0.05) is 45.1 Å². The molecule has 2 aliphatic rings. The number of aliphatic hydroxyl groups is 1. The first-order chi connectivity index (χ1) is 21.7. The lowest BCUT2D eigenvalue weighted by atomic mass is 9.75. The number of allylic oxidation sites excluding steroid dienone is 2. The van der Waals surface area contributed by atoms with Gasteiger partial charge in [0.15, 0.2) is 23.2 Å². The van der Waals surface area contributed by atoms with Crippen LogP contribution in [0.5, 0.6) is 11.5 Å². The second kappa shape index (κ2) is 18.8. The first-order valence-corrected chi connectivity index (χ1v) is 17.1. The van der Waals surface area contributed by atoms with E-state index in [4.69, 9.17) is 20.9 Å².